The van der Waals surface area contributed by atoms with Gasteiger partial charge in [0.1, 0.15) is 0 Å². The standard InChI is InChI=1S/C12H17F2NS/c1-3-15-12(8-16-4-2)9-5-6-10(13)11(14)7-9/h5-7,12,15H,3-4,8H2,1-2H3. The molecule has 0 aliphatic carbocycles. The lowest BCUT2D eigenvalue weighted by Gasteiger charge is -2.17. The molecule has 0 amide bonds. The molecule has 0 heterocycles. The third kappa shape index (κ3) is 3.76. The third-order valence-electron chi connectivity index (χ3n) is 2.29. The van der Waals surface area contributed by atoms with Crippen LogP contribution in [-0.2, 0) is 0 Å². The summed E-state index contributed by atoms with van der Waals surface area (Å²) in [5, 5.41) is 3.27. The van der Waals surface area contributed by atoms with Crippen LogP contribution in [0.15, 0.2) is 18.2 Å². The average molecular weight is 245 g/mol. The van der Waals surface area contributed by atoms with Crippen molar-refractivity contribution in [1.29, 1.82) is 0 Å². The molecule has 1 aromatic carbocycles. The lowest BCUT2D eigenvalue weighted by molar-refractivity contribution is 0.502. The summed E-state index contributed by atoms with van der Waals surface area (Å²) in [5.41, 5.74) is 0.807. The summed E-state index contributed by atoms with van der Waals surface area (Å²) in [6.45, 7) is 4.90. The van der Waals surface area contributed by atoms with E-state index in [1.807, 2.05) is 6.92 Å². The predicted octanol–water partition coefficient (Wildman–Crippen LogP) is 3.37. The van der Waals surface area contributed by atoms with Gasteiger partial charge in [0, 0.05) is 11.8 Å². The molecule has 0 saturated carbocycles. The molecule has 16 heavy (non-hydrogen) atoms. The fourth-order valence-electron chi connectivity index (χ4n) is 1.48. The van der Waals surface area contributed by atoms with E-state index in [1.165, 1.54) is 12.1 Å². The zero-order chi connectivity index (χ0) is 12.0. The van der Waals surface area contributed by atoms with Gasteiger partial charge in [0.15, 0.2) is 11.6 Å². The Kier molecular flexibility index (Phi) is 5.77. The van der Waals surface area contributed by atoms with Crippen molar-refractivity contribution in [1.82, 2.24) is 5.32 Å². The summed E-state index contributed by atoms with van der Waals surface area (Å²) in [7, 11) is 0. The van der Waals surface area contributed by atoms with Gasteiger partial charge in [-0.1, -0.05) is 19.9 Å². The lowest BCUT2D eigenvalue weighted by Crippen LogP contribution is -2.23. The van der Waals surface area contributed by atoms with E-state index in [0.717, 1.165) is 23.6 Å². The average Bonchev–Trinajstić information content (AvgIpc) is 2.28. The SMILES string of the molecule is CCNC(CSCC)c1ccc(F)c(F)c1. The summed E-state index contributed by atoms with van der Waals surface area (Å²) >= 11 is 1.78. The van der Waals surface area contributed by atoms with E-state index in [-0.39, 0.29) is 6.04 Å². The van der Waals surface area contributed by atoms with Crippen LogP contribution in [0.4, 0.5) is 8.78 Å². The molecule has 1 rings (SSSR count). The molecular formula is C12H17F2NS. The number of nitrogens with one attached hydrogen (secondary N) is 1. The molecule has 90 valence electrons. The van der Waals surface area contributed by atoms with Crippen LogP contribution in [0.5, 0.6) is 0 Å². The van der Waals surface area contributed by atoms with E-state index in [4.69, 9.17) is 0 Å². The Morgan fingerprint density at radius 1 is 1.25 bits per heavy atom. The van der Waals surface area contributed by atoms with Crippen molar-refractivity contribution in [2.45, 2.75) is 19.9 Å². The minimum atomic E-state index is -0.790. The van der Waals surface area contributed by atoms with Crippen LogP contribution in [0.2, 0.25) is 0 Å². The Balaban J connectivity index is 2.78. The maximum Gasteiger partial charge on any atom is 0.159 e. The lowest BCUT2D eigenvalue weighted by atomic mass is 10.1. The summed E-state index contributed by atoms with van der Waals surface area (Å²) in [4.78, 5) is 0. The third-order valence-corrected chi connectivity index (χ3v) is 3.26. The first-order valence-corrected chi connectivity index (χ1v) is 6.60. The van der Waals surface area contributed by atoms with Gasteiger partial charge in [-0.3, -0.25) is 0 Å². The highest BCUT2D eigenvalue weighted by Gasteiger charge is 2.12. The molecule has 1 nitrogen and oxygen atoms in total. The minimum Gasteiger partial charge on any atom is -0.310 e. The number of hydrogen-bond acceptors (Lipinski definition) is 2. The maximum absolute atomic E-state index is 13.1. The summed E-state index contributed by atoms with van der Waals surface area (Å²) in [5.74, 6) is 0.324. The van der Waals surface area contributed by atoms with E-state index in [1.54, 1.807) is 17.8 Å². The number of hydrogen-bond donors (Lipinski definition) is 1. The minimum absolute atomic E-state index is 0.0880. The Labute approximate surface area is 99.6 Å². The fraction of sp³-hybridized carbons (Fsp3) is 0.500. The molecule has 0 aliphatic heterocycles. The van der Waals surface area contributed by atoms with Crippen molar-refractivity contribution in [2.24, 2.45) is 0 Å². The van der Waals surface area contributed by atoms with E-state index in [0.29, 0.717) is 0 Å². The molecule has 1 aromatic rings. The van der Waals surface area contributed by atoms with Crippen molar-refractivity contribution >= 4 is 11.8 Å². The quantitative estimate of drug-likeness (QED) is 0.824. The summed E-state index contributed by atoms with van der Waals surface area (Å²) in [6.07, 6.45) is 0. The van der Waals surface area contributed by atoms with Crippen molar-refractivity contribution in [3.8, 4) is 0 Å². The second kappa shape index (κ2) is 6.86. The zero-order valence-electron chi connectivity index (χ0n) is 9.59. The predicted molar refractivity (Wildman–Crippen MR) is 65.8 cm³/mol. The van der Waals surface area contributed by atoms with E-state index < -0.39 is 11.6 Å². The maximum atomic E-state index is 13.1. The second-order valence-electron chi connectivity index (χ2n) is 3.44. The van der Waals surface area contributed by atoms with Gasteiger partial charge < -0.3 is 5.32 Å². The van der Waals surface area contributed by atoms with Gasteiger partial charge in [0.2, 0.25) is 0 Å². The van der Waals surface area contributed by atoms with Gasteiger partial charge in [-0.05, 0) is 30.0 Å². The molecule has 0 saturated heterocycles. The Hall–Kier alpha value is -0.610. The Morgan fingerprint density at radius 3 is 2.56 bits per heavy atom. The molecular weight excluding hydrogens is 228 g/mol. The van der Waals surface area contributed by atoms with Crippen LogP contribution in [0.25, 0.3) is 0 Å². The normalized spacial score (nSPS) is 12.8. The first-order valence-electron chi connectivity index (χ1n) is 5.45. The van der Waals surface area contributed by atoms with Crippen molar-refractivity contribution in [3.63, 3.8) is 0 Å². The Morgan fingerprint density at radius 2 is 2.00 bits per heavy atom. The molecule has 0 radical (unpaired) electrons. The van der Waals surface area contributed by atoms with Gasteiger partial charge in [-0.25, -0.2) is 8.78 Å². The van der Waals surface area contributed by atoms with E-state index in [9.17, 15) is 8.78 Å². The number of benzene rings is 1. The first-order chi connectivity index (χ1) is 7.69. The van der Waals surface area contributed by atoms with Gasteiger partial charge in [0.05, 0.1) is 0 Å². The summed E-state index contributed by atoms with van der Waals surface area (Å²) in [6, 6.07) is 4.19. The van der Waals surface area contributed by atoms with Gasteiger partial charge in [-0.15, -0.1) is 0 Å². The van der Waals surface area contributed by atoms with Gasteiger partial charge in [-0.2, -0.15) is 11.8 Å². The van der Waals surface area contributed by atoms with Crippen molar-refractivity contribution < 1.29 is 8.78 Å². The van der Waals surface area contributed by atoms with Gasteiger partial charge in [0.25, 0.3) is 0 Å². The molecule has 4 heteroatoms. The monoisotopic (exact) mass is 245 g/mol. The highest BCUT2D eigenvalue weighted by Crippen LogP contribution is 2.20. The molecule has 0 aromatic heterocycles. The van der Waals surface area contributed by atoms with E-state index in [2.05, 4.69) is 12.2 Å². The topological polar surface area (TPSA) is 12.0 Å². The van der Waals surface area contributed by atoms with Crippen LogP contribution in [0, 0.1) is 11.6 Å². The number of thioether (sulfide) groups is 1. The van der Waals surface area contributed by atoms with Crippen LogP contribution in [0.3, 0.4) is 0 Å². The zero-order valence-corrected chi connectivity index (χ0v) is 10.4. The second-order valence-corrected chi connectivity index (χ2v) is 4.76. The highest BCUT2D eigenvalue weighted by molar-refractivity contribution is 7.99. The molecule has 1 unspecified atom stereocenters. The largest absolute Gasteiger partial charge is 0.310 e. The number of rotatable bonds is 6. The van der Waals surface area contributed by atoms with Crippen LogP contribution < -0.4 is 5.32 Å². The molecule has 0 aliphatic rings. The fourth-order valence-corrected chi connectivity index (χ4v) is 2.27. The first kappa shape index (κ1) is 13.5. The molecule has 0 fully saturated rings. The van der Waals surface area contributed by atoms with Crippen molar-refractivity contribution in [3.05, 3.63) is 35.4 Å². The smallest absolute Gasteiger partial charge is 0.159 e. The van der Waals surface area contributed by atoms with Crippen molar-refractivity contribution in [2.75, 3.05) is 18.1 Å². The Bertz CT molecular complexity index is 331. The molecule has 1 atom stereocenters. The molecule has 0 spiro atoms. The highest BCUT2D eigenvalue weighted by atomic mass is 32.2. The van der Waals surface area contributed by atoms with Crippen LogP contribution in [-0.4, -0.2) is 18.1 Å². The molecule has 1 N–H and O–H groups in total. The summed E-state index contributed by atoms with van der Waals surface area (Å²) < 4.78 is 25.9. The van der Waals surface area contributed by atoms with Crippen LogP contribution >= 0.6 is 11.8 Å². The van der Waals surface area contributed by atoms with Gasteiger partial charge >= 0.3 is 0 Å². The molecule has 0 bridgehead atoms. The van der Waals surface area contributed by atoms with E-state index >= 15 is 0 Å². The number of halogens is 2. The van der Waals surface area contributed by atoms with Crippen LogP contribution in [0.1, 0.15) is 25.5 Å².